The Morgan fingerprint density at radius 3 is 2.81 bits per heavy atom. The first kappa shape index (κ1) is 16.0. The van der Waals surface area contributed by atoms with Crippen LogP contribution >= 0.6 is 23.2 Å². The van der Waals surface area contributed by atoms with Crippen LogP contribution in [-0.2, 0) is 4.79 Å². The fraction of sp³-hybridized carbons (Fsp3) is 0.500. The SMILES string of the molecule is O=C(O)CCC1CCCCN1C(=O)c1cnc(Cl)c(Cl)c1. The number of aromatic nitrogens is 1. The Morgan fingerprint density at radius 2 is 2.14 bits per heavy atom. The maximum absolute atomic E-state index is 12.6. The van der Waals surface area contributed by atoms with Crippen LogP contribution in [0, 0.1) is 0 Å². The number of carbonyl (C=O) groups excluding carboxylic acids is 1. The molecule has 1 aromatic heterocycles. The van der Waals surface area contributed by atoms with Crippen molar-refractivity contribution >= 4 is 35.1 Å². The number of amides is 1. The molecule has 1 aliphatic heterocycles. The Bertz CT molecular complexity index is 551. The van der Waals surface area contributed by atoms with Crippen LogP contribution in [0.1, 0.15) is 42.5 Å². The summed E-state index contributed by atoms with van der Waals surface area (Å²) in [5, 5.41) is 9.21. The molecule has 0 spiro atoms. The minimum absolute atomic E-state index is 0.0446. The van der Waals surface area contributed by atoms with Crippen molar-refractivity contribution in [2.45, 2.75) is 38.1 Å². The predicted octanol–water partition coefficient (Wildman–Crippen LogP) is 3.25. The molecule has 5 nitrogen and oxygen atoms in total. The highest BCUT2D eigenvalue weighted by molar-refractivity contribution is 6.41. The Balaban J connectivity index is 2.13. The molecule has 1 atom stereocenters. The van der Waals surface area contributed by atoms with Gasteiger partial charge in [0.2, 0.25) is 0 Å². The number of carboxylic acid groups (broad SMARTS) is 1. The Hall–Kier alpha value is -1.33. The van der Waals surface area contributed by atoms with E-state index in [0.717, 1.165) is 19.3 Å². The summed E-state index contributed by atoms with van der Waals surface area (Å²) in [6.45, 7) is 0.628. The van der Waals surface area contributed by atoms with Crippen molar-refractivity contribution < 1.29 is 14.7 Å². The van der Waals surface area contributed by atoms with E-state index in [9.17, 15) is 9.59 Å². The second kappa shape index (κ2) is 7.09. The molecule has 1 unspecified atom stereocenters. The number of piperidine rings is 1. The minimum atomic E-state index is -0.843. The molecule has 0 aliphatic carbocycles. The summed E-state index contributed by atoms with van der Waals surface area (Å²) in [6.07, 6.45) is 4.69. The molecular weight excluding hydrogens is 315 g/mol. The van der Waals surface area contributed by atoms with Gasteiger partial charge in [0.15, 0.2) is 0 Å². The van der Waals surface area contributed by atoms with E-state index in [1.807, 2.05) is 0 Å². The Labute approximate surface area is 132 Å². The fourth-order valence-corrected chi connectivity index (χ4v) is 2.83. The summed E-state index contributed by atoms with van der Waals surface area (Å²) < 4.78 is 0. The first-order valence-corrected chi connectivity index (χ1v) is 7.58. The molecule has 1 N–H and O–H groups in total. The lowest BCUT2D eigenvalue weighted by Crippen LogP contribution is -2.44. The molecule has 1 aromatic rings. The number of pyridine rings is 1. The van der Waals surface area contributed by atoms with Gasteiger partial charge in [0.05, 0.1) is 10.6 Å². The third kappa shape index (κ3) is 4.08. The third-order valence-electron chi connectivity index (χ3n) is 3.62. The maximum atomic E-state index is 12.6. The van der Waals surface area contributed by atoms with Crippen LogP contribution in [0.25, 0.3) is 0 Å². The van der Waals surface area contributed by atoms with Crippen molar-refractivity contribution in [3.8, 4) is 0 Å². The number of rotatable bonds is 4. The van der Waals surface area contributed by atoms with Crippen LogP contribution in [-0.4, -0.2) is 39.5 Å². The molecule has 1 aliphatic rings. The zero-order valence-electron chi connectivity index (χ0n) is 11.4. The summed E-state index contributed by atoms with van der Waals surface area (Å²) >= 11 is 11.6. The number of hydrogen-bond donors (Lipinski definition) is 1. The lowest BCUT2D eigenvalue weighted by atomic mass is 9.97. The van der Waals surface area contributed by atoms with Crippen LogP contribution in [0.3, 0.4) is 0 Å². The number of aliphatic carboxylic acids is 1. The molecule has 1 saturated heterocycles. The zero-order chi connectivity index (χ0) is 15.4. The number of likely N-dealkylation sites (tertiary alicyclic amines) is 1. The number of carbonyl (C=O) groups is 2. The van der Waals surface area contributed by atoms with E-state index in [2.05, 4.69) is 4.98 Å². The van der Waals surface area contributed by atoms with E-state index < -0.39 is 5.97 Å². The van der Waals surface area contributed by atoms with Gasteiger partial charge in [-0.3, -0.25) is 9.59 Å². The van der Waals surface area contributed by atoms with Crippen LogP contribution in [0.5, 0.6) is 0 Å². The van der Waals surface area contributed by atoms with E-state index >= 15 is 0 Å². The monoisotopic (exact) mass is 330 g/mol. The minimum Gasteiger partial charge on any atom is -0.481 e. The average molecular weight is 331 g/mol. The summed E-state index contributed by atoms with van der Waals surface area (Å²) in [7, 11) is 0. The molecule has 0 bridgehead atoms. The van der Waals surface area contributed by atoms with Gasteiger partial charge < -0.3 is 10.0 Å². The molecule has 1 fully saturated rings. The van der Waals surface area contributed by atoms with Gasteiger partial charge in [-0.15, -0.1) is 0 Å². The van der Waals surface area contributed by atoms with Crippen molar-refractivity contribution in [2.75, 3.05) is 6.54 Å². The van der Waals surface area contributed by atoms with Crippen molar-refractivity contribution in [2.24, 2.45) is 0 Å². The smallest absolute Gasteiger partial charge is 0.303 e. The van der Waals surface area contributed by atoms with Gasteiger partial charge >= 0.3 is 5.97 Å². The second-order valence-corrected chi connectivity index (χ2v) is 5.84. The standard InChI is InChI=1S/C14H16Cl2N2O3/c15-11-7-9(8-17-13(11)16)14(21)18-6-2-1-3-10(18)4-5-12(19)20/h7-8,10H,1-6H2,(H,19,20). The average Bonchev–Trinajstić information content (AvgIpc) is 2.47. The summed E-state index contributed by atoms with van der Waals surface area (Å²) in [5.74, 6) is -1.01. The number of hydrogen-bond acceptors (Lipinski definition) is 3. The summed E-state index contributed by atoms with van der Waals surface area (Å²) in [6, 6.07) is 1.46. The van der Waals surface area contributed by atoms with Crippen molar-refractivity contribution in [1.82, 2.24) is 9.88 Å². The van der Waals surface area contributed by atoms with E-state index in [1.54, 1.807) is 4.90 Å². The van der Waals surface area contributed by atoms with Gasteiger partial charge in [0.25, 0.3) is 5.91 Å². The molecule has 7 heteroatoms. The first-order chi connectivity index (χ1) is 9.99. The molecule has 0 radical (unpaired) electrons. The third-order valence-corrected chi connectivity index (χ3v) is 4.31. The van der Waals surface area contributed by atoms with Crippen molar-refractivity contribution in [3.63, 3.8) is 0 Å². The number of halogens is 2. The molecular formula is C14H16Cl2N2O3. The van der Waals surface area contributed by atoms with Crippen LogP contribution in [0.4, 0.5) is 0 Å². The molecule has 114 valence electrons. The summed E-state index contributed by atoms with van der Waals surface area (Å²) in [4.78, 5) is 28.9. The van der Waals surface area contributed by atoms with Crippen LogP contribution in [0.2, 0.25) is 10.2 Å². The van der Waals surface area contributed by atoms with Gasteiger partial charge in [0.1, 0.15) is 5.15 Å². The highest BCUT2D eigenvalue weighted by atomic mass is 35.5. The quantitative estimate of drug-likeness (QED) is 0.860. The normalized spacial score (nSPS) is 18.6. The fourth-order valence-electron chi connectivity index (χ4n) is 2.56. The predicted molar refractivity (Wildman–Crippen MR) is 79.8 cm³/mol. The lowest BCUT2D eigenvalue weighted by molar-refractivity contribution is -0.137. The maximum Gasteiger partial charge on any atom is 0.303 e. The van der Waals surface area contributed by atoms with E-state index in [1.165, 1.54) is 12.3 Å². The lowest BCUT2D eigenvalue weighted by Gasteiger charge is -2.35. The topological polar surface area (TPSA) is 70.5 Å². The van der Waals surface area contributed by atoms with Gasteiger partial charge in [-0.2, -0.15) is 0 Å². The van der Waals surface area contributed by atoms with Crippen molar-refractivity contribution in [1.29, 1.82) is 0 Å². The van der Waals surface area contributed by atoms with Gasteiger partial charge in [-0.1, -0.05) is 23.2 Å². The van der Waals surface area contributed by atoms with Gasteiger partial charge in [0, 0.05) is 25.2 Å². The highest BCUT2D eigenvalue weighted by Gasteiger charge is 2.28. The Kier molecular flexibility index (Phi) is 5.42. The number of nitrogens with zero attached hydrogens (tertiary/aromatic N) is 2. The molecule has 21 heavy (non-hydrogen) atoms. The summed E-state index contributed by atoms with van der Waals surface area (Å²) in [5.41, 5.74) is 0.381. The van der Waals surface area contributed by atoms with Crippen LogP contribution in [0.15, 0.2) is 12.3 Å². The van der Waals surface area contributed by atoms with Gasteiger partial charge in [-0.25, -0.2) is 4.98 Å². The van der Waals surface area contributed by atoms with E-state index in [0.29, 0.717) is 18.5 Å². The van der Waals surface area contributed by atoms with E-state index in [4.69, 9.17) is 28.3 Å². The highest BCUT2D eigenvalue weighted by Crippen LogP contribution is 2.25. The molecule has 0 aromatic carbocycles. The molecule has 1 amide bonds. The molecule has 0 saturated carbocycles. The van der Waals surface area contributed by atoms with Crippen molar-refractivity contribution in [3.05, 3.63) is 28.0 Å². The van der Waals surface area contributed by atoms with Crippen LogP contribution < -0.4 is 0 Å². The Morgan fingerprint density at radius 1 is 1.38 bits per heavy atom. The van der Waals surface area contributed by atoms with E-state index in [-0.39, 0.29) is 28.5 Å². The number of carboxylic acids is 1. The molecule has 2 rings (SSSR count). The second-order valence-electron chi connectivity index (χ2n) is 5.08. The first-order valence-electron chi connectivity index (χ1n) is 6.83. The zero-order valence-corrected chi connectivity index (χ0v) is 12.9. The largest absolute Gasteiger partial charge is 0.481 e. The van der Waals surface area contributed by atoms with Gasteiger partial charge in [-0.05, 0) is 31.7 Å². The molecule has 2 heterocycles.